The van der Waals surface area contributed by atoms with E-state index >= 15 is 0 Å². The Morgan fingerprint density at radius 1 is 0.812 bits per heavy atom. The Kier molecular flexibility index (Phi) is 4.22. The molecular formula is C14H14IN. The second-order valence-corrected chi connectivity index (χ2v) is 4.32. The number of hydrogen-bond acceptors (Lipinski definition) is 1. The van der Waals surface area contributed by atoms with Crippen LogP contribution in [-0.2, 0) is 6.54 Å². The number of rotatable bonds is 4. The quantitative estimate of drug-likeness (QED) is 0.465. The molecule has 0 bridgehead atoms. The van der Waals surface area contributed by atoms with Crippen LogP contribution in [0.25, 0.3) is 0 Å². The molecule has 0 aliphatic heterocycles. The number of halogens is 1. The van der Waals surface area contributed by atoms with E-state index in [1.807, 2.05) is 0 Å². The van der Waals surface area contributed by atoms with Gasteiger partial charge in [0, 0.05) is 12.2 Å². The highest BCUT2D eigenvalue weighted by Crippen LogP contribution is 2.17. The van der Waals surface area contributed by atoms with E-state index in [1.54, 1.807) is 0 Å². The van der Waals surface area contributed by atoms with Crippen LogP contribution in [0.15, 0.2) is 60.7 Å². The van der Waals surface area contributed by atoms with Gasteiger partial charge in [-0.05, 0) is 17.7 Å². The summed E-state index contributed by atoms with van der Waals surface area (Å²) < 4.78 is 0.997. The van der Waals surface area contributed by atoms with E-state index in [0.717, 1.165) is 11.1 Å². The van der Waals surface area contributed by atoms with E-state index in [1.165, 1.54) is 11.3 Å². The Labute approximate surface area is 110 Å². The summed E-state index contributed by atoms with van der Waals surface area (Å²) in [6, 6.07) is 21.1. The highest BCUT2D eigenvalue weighted by atomic mass is 127. The highest BCUT2D eigenvalue weighted by Gasteiger charge is 2.04. The zero-order valence-electron chi connectivity index (χ0n) is 9.01. The van der Waals surface area contributed by atoms with Gasteiger partial charge >= 0.3 is 0 Å². The Balaban J connectivity index is 2.13. The molecule has 0 N–H and O–H groups in total. The van der Waals surface area contributed by atoms with Crippen molar-refractivity contribution in [3.8, 4) is 0 Å². The van der Waals surface area contributed by atoms with Crippen LogP contribution in [0.1, 0.15) is 5.56 Å². The van der Waals surface area contributed by atoms with Crippen molar-refractivity contribution in [1.29, 1.82) is 0 Å². The summed E-state index contributed by atoms with van der Waals surface area (Å²) in [5.41, 5.74) is 2.63. The van der Waals surface area contributed by atoms with Crippen LogP contribution in [-0.4, -0.2) is 4.55 Å². The zero-order chi connectivity index (χ0) is 11.2. The van der Waals surface area contributed by atoms with Gasteiger partial charge in [0.25, 0.3) is 0 Å². The van der Waals surface area contributed by atoms with Crippen LogP contribution in [0.2, 0.25) is 0 Å². The van der Waals surface area contributed by atoms with E-state index in [9.17, 15) is 0 Å². The fourth-order valence-corrected chi connectivity index (χ4v) is 2.28. The maximum atomic E-state index is 2.41. The Bertz CT molecular complexity index is 413. The summed E-state index contributed by atoms with van der Waals surface area (Å²) >= 11 is 2.41. The first-order valence-electron chi connectivity index (χ1n) is 5.30. The van der Waals surface area contributed by atoms with Crippen molar-refractivity contribution in [3.05, 3.63) is 66.2 Å². The third kappa shape index (κ3) is 2.98. The van der Waals surface area contributed by atoms with Crippen molar-refractivity contribution in [2.75, 3.05) is 9.45 Å². The molecule has 82 valence electrons. The largest absolute Gasteiger partial charge is 0.358 e. The van der Waals surface area contributed by atoms with Crippen molar-refractivity contribution in [2.45, 2.75) is 6.54 Å². The summed E-state index contributed by atoms with van der Waals surface area (Å²) in [4.78, 5) is 2.36. The highest BCUT2D eigenvalue weighted by molar-refractivity contribution is 14.1. The summed E-state index contributed by atoms with van der Waals surface area (Å²) in [6.07, 6.45) is 0. The van der Waals surface area contributed by atoms with Crippen LogP contribution in [0.3, 0.4) is 0 Å². The Morgan fingerprint density at radius 3 is 1.94 bits per heavy atom. The van der Waals surface area contributed by atoms with E-state index in [0.29, 0.717) is 0 Å². The van der Waals surface area contributed by atoms with Gasteiger partial charge in [0.1, 0.15) is 0 Å². The molecule has 0 spiro atoms. The molecule has 0 aliphatic rings. The summed E-state index contributed by atoms with van der Waals surface area (Å²) in [6.45, 7) is 0.966. The molecule has 0 atom stereocenters. The molecule has 1 nitrogen and oxygen atoms in total. The molecule has 0 saturated carbocycles. The first-order valence-corrected chi connectivity index (χ1v) is 6.82. The van der Waals surface area contributed by atoms with Gasteiger partial charge in [-0.3, -0.25) is 0 Å². The molecular weight excluding hydrogens is 309 g/mol. The predicted octanol–water partition coefficient (Wildman–Crippen LogP) is 4.09. The van der Waals surface area contributed by atoms with Gasteiger partial charge in [0.2, 0.25) is 0 Å². The average molecular weight is 323 g/mol. The second kappa shape index (κ2) is 5.89. The molecule has 2 aromatic carbocycles. The predicted molar refractivity (Wildman–Crippen MR) is 78.0 cm³/mol. The smallest absolute Gasteiger partial charge is 0.0703 e. The van der Waals surface area contributed by atoms with E-state index in [2.05, 4.69) is 88.2 Å². The van der Waals surface area contributed by atoms with Crippen molar-refractivity contribution in [3.63, 3.8) is 0 Å². The second-order valence-electron chi connectivity index (χ2n) is 3.64. The first-order chi connectivity index (χ1) is 7.90. The van der Waals surface area contributed by atoms with Gasteiger partial charge in [-0.1, -0.05) is 71.1 Å². The van der Waals surface area contributed by atoms with Gasteiger partial charge in [-0.25, -0.2) is 0 Å². The molecule has 0 fully saturated rings. The lowest BCUT2D eigenvalue weighted by Crippen LogP contribution is -2.20. The molecule has 16 heavy (non-hydrogen) atoms. The van der Waals surface area contributed by atoms with Crippen molar-refractivity contribution < 1.29 is 0 Å². The molecule has 0 radical (unpaired) electrons. The Morgan fingerprint density at radius 2 is 1.38 bits per heavy atom. The molecule has 0 saturated heterocycles. The number of alkyl halides is 1. The number of hydrogen-bond donors (Lipinski definition) is 0. The third-order valence-electron chi connectivity index (χ3n) is 2.48. The van der Waals surface area contributed by atoms with Crippen LogP contribution >= 0.6 is 22.6 Å². The van der Waals surface area contributed by atoms with Crippen molar-refractivity contribution in [1.82, 2.24) is 0 Å². The number of benzene rings is 2. The maximum absolute atomic E-state index is 2.41. The van der Waals surface area contributed by atoms with E-state index < -0.39 is 0 Å². The topological polar surface area (TPSA) is 3.24 Å². The maximum Gasteiger partial charge on any atom is 0.0703 e. The third-order valence-corrected chi connectivity index (χ3v) is 3.31. The van der Waals surface area contributed by atoms with E-state index in [4.69, 9.17) is 0 Å². The molecule has 2 rings (SSSR count). The molecule has 0 aliphatic carbocycles. The molecule has 0 unspecified atom stereocenters. The van der Waals surface area contributed by atoms with Crippen molar-refractivity contribution >= 4 is 28.3 Å². The fourth-order valence-electron chi connectivity index (χ4n) is 1.65. The van der Waals surface area contributed by atoms with Gasteiger partial charge < -0.3 is 4.90 Å². The molecule has 0 aromatic heterocycles. The minimum atomic E-state index is 0.966. The molecule has 2 aromatic rings. The lowest BCUT2D eigenvalue weighted by molar-refractivity contribution is 0.915. The standard InChI is InChI=1S/C14H14IN/c15-12-16(14-9-5-2-6-10-14)11-13-7-3-1-4-8-13/h1-10H,11-12H2. The van der Waals surface area contributed by atoms with Crippen LogP contribution in [0.4, 0.5) is 5.69 Å². The number of para-hydroxylation sites is 1. The van der Waals surface area contributed by atoms with Crippen LogP contribution in [0.5, 0.6) is 0 Å². The summed E-state index contributed by atoms with van der Waals surface area (Å²) in [7, 11) is 0. The van der Waals surface area contributed by atoms with Gasteiger partial charge in [-0.2, -0.15) is 0 Å². The van der Waals surface area contributed by atoms with Gasteiger partial charge in [-0.15, -0.1) is 0 Å². The monoisotopic (exact) mass is 323 g/mol. The Hall–Kier alpha value is -1.03. The molecule has 2 heteroatoms. The minimum Gasteiger partial charge on any atom is -0.358 e. The molecule has 0 heterocycles. The molecule has 0 amide bonds. The number of anilines is 1. The number of nitrogens with zero attached hydrogens (tertiary/aromatic N) is 1. The van der Waals surface area contributed by atoms with E-state index in [-0.39, 0.29) is 0 Å². The SMILES string of the molecule is ICN(Cc1ccccc1)c1ccccc1. The van der Waals surface area contributed by atoms with Crippen LogP contribution in [0, 0.1) is 0 Å². The zero-order valence-corrected chi connectivity index (χ0v) is 11.2. The van der Waals surface area contributed by atoms with Gasteiger partial charge in [0.15, 0.2) is 0 Å². The summed E-state index contributed by atoms with van der Waals surface area (Å²) in [5, 5.41) is 0. The fraction of sp³-hybridized carbons (Fsp3) is 0.143. The lowest BCUT2D eigenvalue weighted by atomic mass is 10.2. The lowest BCUT2D eigenvalue weighted by Gasteiger charge is -2.22. The van der Waals surface area contributed by atoms with Crippen LogP contribution < -0.4 is 4.90 Å². The van der Waals surface area contributed by atoms with Gasteiger partial charge in [0.05, 0.1) is 4.55 Å². The normalized spacial score (nSPS) is 10.1. The minimum absolute atomic E-state index is 0.966. The summed E-state index contributed by atoms with van der Waals surface area (Å²) in [5.74, 6) is 0. The van der Waals surface area contributed by atoms with Crippen molar-refractivity contribution in [2.24, 2.45) is 0 Å². The average Bonchev–Trinajstić information content (AvgIpc) is 2.38. The first kappa shape index (κ1) is 11.5.